The van der Waals surface area contributed by atoms with Crippen LogP contribution in [0, 0.1) is 18.3 Å². The second-order valence-corrected chi connectivity index (χ2v) is 3.60. The van der Waals surface area contributed by atoms with Crippen LogP contribution in [0.3, 0.4) is 0 Å². The molecule has 1 aromatic heterocycles. The van der Waals surface area contributed by atoms with Crippen LogP contribution in [0.5, 0.6) is 0 Å². The van der Waals surface area contributed by atoms with E-state index in [2.05, 4.69) is 16.0 Å². The minimum Gasteiger partial charge on any atom is -0.365 e. The van der Waals surface area contributed by atoms with E-state index in [1.165, 1.54) is 0 Å². The second kappa shape index (κ2) is 4.28. The standard InChI is InChI=1S/C11H13N3O/c1-9-7-13-3-2-11(9)14-4-5-15-10(6-12)8-14/h2-3,7,10H,4-5,8H2,1H3. The highest BCUT2D eigenvalue weighted by molar-refractivity contribution is 5.52. The van der Waals surface area contributed by atoms with Gasteiger partial charge in [-0.1, -0.05) is 0 Å². The predicted molar refractivity (Wildman–Crippen MR) is 56.5 cm³/mol. The van der Waals surface area contributed by atoms with E-state index in [0.29, 0.717) is 13.2 Å². The van der Waals surface area contributed by atoms with E-state index < -0.39 is 0 Å². The van der Waals surface area contributed by atoms with Crippen molar-refractivity contribution in [1.82, 2.24) is 4.98 Å². The van der Waals surface area contributed by atoms with E-state index in [1.54, 1.807) is 6.20 Å². The van der Waals surface area contributed by atoms with Gasteiger partial charge >= 0.3 is 0 Å². The maximum atomic E-state index is 8.81. The van der Waals surface area contributed by atoms with Gasteiger partial charge in [0.05, 0.1) is 19.2 Å². The molecule has 0 aliphatic carbocycles. The summed E-state index contributed by atoms with van der Waals surface area (Å²) < 4.78 is 5.30. The van der Waals surface area contributed by atoms with Crippen LogP contribution in [-0.4, -0.2) is 30.8 Å². The van der Waals surface area contributed by atoms with Crippen LogP contribution >= 0.6 is 0 Å². The van der Waals surface area contributed by atoms with Crippen LogP contribution < -0.4 is 4.90 Å². The van der Waals surface area contributed by atoms with E-state index in [1.807, 2.05) is 19.2 Å². The number of nitriles is 1. The molecule has 0 radical (unpaired) electrons. The number of rotatable bonds is 1. The van der Waals surface area contributed by atoms with Gasteiger partial charge < -0.3 is 9.64 Å². The summed E-state index contributed by atoms with van der Waals surface area (Å²) >= 11 is 0. The zero-order valence-electron chi connectivity index (χ0n) is 8.68. The topological polar surface area (TPSA) is 49.2 Å². The molecule has 78 valence electrons. The van der Waals surface area contributed by atoms with E-state index in [0.717, 1.165) is 17.8 Å². The van der Waals surface area contributed by atoms with Gasteiger partial charge in [0, 0.05) is 24.6 Å². The van der Waals surface area contributed by atoms with E-state index >= 15 is 0 Å². The zero-order valence-corrected chi connectivity index (χ0v) is 8.68. The molecule has 1 atom stereocenters. The fourth-order valence-electron chi connectivity index (χ4n) is 1.77. The molecule has 4 nitrogen and oxygen atoms in total. The van der Waals surface area contributed by atoms with Crippen molar-refractivity contribution in [2.24, 2.45) is 0 Å². The molecule has 2 heterocycles. The molecule has 0 aromatic carbocycles. The summed E-state index contributed by atoms with van der Waals surface area (Å²) in [6.07, 6.45) is 3.30. The lowest BCUT2D eigenvalue weighted by atomic mass is 10.2. The Kier molecular flexibility index (Phi) is 2.84. The van der Waals surface area contributed by atoms with Crippen molar-refractivity contribution in [3.05, 3.63) is 24.0 Å². The van der Waals surface area contributed by atoms with Gasteiger partial charge in [-0.05, 0) is 18.6 Å². The quantitative estimate of drug-likeness (QED) is 0.686. The number of morpholine rings is 1. The van der Waals surface area contributed by atoms with Gasteiger partial charge in [0.1, 0.15) is 0 Å². The molecule has 2 rings (SSSR count). The van der Waals surface area contributed by atoms with Gasteiger partial charge in [-0.2, -0.15) is 5.26 Å². The first-order valence-corrected chi connectivity index (χ1v) is 4.98. The number of pyridine rings is 1. The molecule has 1 saturated heterocycles. The fourth-order valence-corrected chi connectivity index (χ4v) is 1.77. The lowest BCUT2D eigenvalue weighted by Crippen LogP contribution is -2.42. The summed E-state index contributed by atoms with van der Waals surface area (Å²) in [4.78, 5) is 6.23. The number of hydrogen-bond donors (Lipinski definition) is 0. The smallest absolute Gasteiger partial charge is 0.161 e. The Morgan fingerprint density at radius 3 is 3.27 bits per heavy atom. The summed E-state index contributed by atoms with van der Waals surface area (Å²) in [7, 11) is 0. The molecule has 0 bridgehead atoms. The monoisotopic (exact) mass is 203 g/mol. The van der Waals surface area contributed by atoms with Crippen molar-refractivity contribution in [2.75, 3.05) is 24.6 Å². The average Bonchev–Trinajstić information content (AvgIpc) is 2.30. The molecular weight excluding hydrogens is 190 g/mol. The molecule has 1 aromatic rings. The Hall–Kier alpha value is -1.60. The van der Waals surface area contributed by atoms with Gasteiger partial charge in [-0.15, -0.1) is 0 Å². The third-order valence-corrected chi connectivity index (χ3v) is 2.54. The van der Waals surface area contributed by atoms with Gasteiger partial charge in [0.15, 0.2) is 6.10 Å². The lowest BCUT2D eigenvalue weighted by molar-refractivity contribution is 0.0764. The average molecular weight is 203 g/mol. The molecule has 1 fully saturated rings. The van der Waals surface area contributed by atoms with Gasteiger partial charge in [-0.25, -0.2) is 0 Å². The van der Waals surface area contributed by atoms with Gasteiger partial charge in [0.25, 0.3) is 0 Å². The molecule has 0 N–H and O–H groups in total. The first-order chi connectivity index (χ1) is 7.31. The Morgan fingerprint density at radius 2 is 2.53 bits per heavy atom. The minimum atomic E-state index is -0.314. The summed E-state index contributed by atoms with van der Waals surface area (Å²) in [5, 5.41) is 8.81. The highest BCUT2D eigenvalue weighted by atomic mass is 16.5. The number of hydrogen-bond acceptors (Lipinski definition) is 4. The van der Waals surface area contributed by atoms with E-state index in [9.17, 15) is 0 Å². The molecule has 4 heteroatoms. The molecule has 1 aliphatic rings. The fraction of sp³-hybridized carbons (Fsp3) is 0.455. The van der Waals surface area contributed by atoms with Gasteiger partial charge in [0.2, 0.25) is 0 Å². The minimum absolute atomic E-state index is 0.314. The Labute approximate surface area is 89.1 Å². The number of nitrogens with zero attached hydrogens (tertiary/aromatic N) is 3. The van der Waals surface area contributed by atoms with Crippen molar-refractivity contribution in [3.8, 4) is 6.07 Å². The first kappa shape index (κ1) is 9.94. The predicted octanol–water partition coefficient (Wildman–Crippen LogP) is 1.12. The number of anilines is 1. The van der Waals surface area contributed by atoms with Crippen molar-refractivity contribution in [3.63, 3.8) is 0 Å². The third kappa shape index (κ3) is 2.08. The van der Waals surface area contributed by atoms with Crippen LogP contribution in [0.25, 0.3) is 0 Å². The molecule has 1 unspecified atom stereocenters. The highest BCUT2D eigenvalue weighted by Gasteiger charge is 2.20. The number of aryl methyl sites for hydroxylation is 1. The third-order valence-electron chi connectivity index (χ3n) is 2.54. The number of ether oxygens (including phenoxy) is 1. The Balaban J connectivity index is 2.18. The molecule has 0 saturated carbocycles. The Morgan fingerprint density at radius 1 is 1.67 bits per heavy atom. The molecular formula is C11H13N3O. The van der Waals surface area contributed by atoms with E-state index in [-0.39, 0.29) is 6.10 Å². The highest BCUT2D eigenvalue weighted by Crippen LogP contribution is 2.20. The molecule has 0 spiro atoms. The van der Waals surface area contributed by atoms with E-state index in [4.69, 9.17) is 10.00 Å². The molecule has 0 amide bonds. The lowest BCUT2D eigenvalue weighted by Gasteiger charge is -2.32. The van der Waals surface area contributed by atoms with Crippen molar-refractivity contribution >= 4 is 5.69 Å². The zero-order chi connectivity index (χ0) is 10.7. The maximum Gasteiger partial charge on any atom is 0.161 e. The largest absolute Gasteiger partial charge is 0.365 e. The van der Waals surface area contributed by atoms with Crippen LogP contribution in [0.15, 0.2) is 18.5 Å². The summed E-state index contributed by atoms with van der Waals surface area (Å²) in [6, 6.07) is 4.12. The van der Waals surface area contributed by atoms with Gasteiger partial charge in [-0.3, -0.25) is 4.98 Å². The summed E-state index contributed by atoms with van der Waals surface area (Å²) in [6.45, 7) is 4.11. The van der Waals surface area contributed by atoms with Crippen molar-refractivity contribution in [2.45, 2.75) is 13.0 Å². The molecule has 15 heavy (non-hydrogen) atoms. The SMILES string of the molecule is Cc1cnccc1N1CCOC(C#N)C1. The second-order valence-electron chi connectivity index (χ2n) is 3.60. The normalized spacial score (nSPS) is 21.1. The van der Waals surface area contributed by atoms with Crippen LogP contribution in [-0.2, 0) is 4.74 Å². The summed E-state index contributed by atoms with van der Waals surface area (Å²) in [5.74, 6) is 0. The summed E-state index contributed by atoms with van der Waals surface area (Å²) in [5.41, 5.74) is 2.28. The van der Waals surface area contributed by atoms with Crippen LogP contribution in [0.4, 0.5) is 5.69 Å². The van der Waals surface area contributed by atoms with Crippen LogP contribution in [0.2, 0.25) is 0 Å². The van der Waals surface area contributed by atoms with Crippen LogP contribution in [0.1, 0.15) is 5.56 Å². The number of aromatic nitrogens is 1. The molecule has 1 aliphatic heterocycles. The van der Waals surface area contributed by atoms with Crippen molar-refractivity contribution in [1.29, 1.82) is 5.26 Å². The maximum absolute atomic E-state index is 8.81. The Bertz CT molecular complexity index is 386. The first-order valence-electron chi connectivity index (χ1n) is 4.98. The van der Waals surface area contributed by atoms with Crippen molar-refractivity contribution < 1.29 is 4.74 Å².